The Labute approximate surface area is 137 Å². The van der Waals surface area contributed by atoms with E-state index < -0.39 is 6.04 Å². The first kappa shape index (κ1) is 17.0. The zero-order chi connectivity index (χ0) is 16.5. The molecular formula is C19H24N2O2. The molecule has 0 saturated heterocycles. The average molecular weight is 312 g/mol. The van der Waals surface area contributed by atoms with E-state index in [9.17, 15) is 4.79 Å². The van der Waals surface area contributed by atoms with Gasteiger partial charge in [0.2, 0.25) is 5.91 Å². The summed E-state index contributed by atoms with van der Waals surface area (Å²) in [6.07, 6.45) is 2.36. The van der Waals surface area contributed by atoms with E-state index in [1.807, 2.05) is 54.6 Å². The van der Waals surface area contributed by atoms with Crippen LogP contribution in [0.25, 0.3) is 0 Å². The van der Waals surface area contributed by atoms with E-state index in [4.69, 9.17) is 10.5 Å². The van der Waals surface area contributed by atoms with Gasteiger partial charge in [-0.25, -0.2) is 0 Å². The molecule has 0 saturated carbocycles. The van der Waals surface area contributed by atoms with E-state index in [0.717, 1.165) is 24.2 Å². The van der Waals surface area contributed by atoms with Gasteiger partial charge in [-0.3, -0.25) is 4.79 Å². The Bertz CT molecular complexity index is 597. The van der Waals surface area contributed by atoms with Crippen molar-refractivity contribution < 1.29 is 9.53 Å². The Morgan fingerprint density at radius 2 is 1.78 bits per heavy atom. The van der Waals surface area contributed by atoms with E-state index in [-0.39, 0.29) is 5.91 Å². The topological polar surface area (TPSA) is 64.3 Å². The number of amides is 1. The summed E-state index contributed by atoms with van der Waals surface area (Å²) in [7, 11) is 1.66. The highest BCUT2D eigenvalue weighted by molar-refractivity contribution is 5.81. The van der Waals surface area contributed by atoms with Crippen molar-refractivity contribution in [2.75, 3.05) is 13.7 Å². The van der Waals surface area contributed by atoms with E-state index in [0.29, 0.717) is 13.0 Å². The molecule has 0 fully saturated rings. The van der Waals surface area contributed by atoms with Gasteiger partial charge in [-0.05, 0) is 42.5 Å². The number of hydrogen-bond acceptors (Lipinski definition) is 3. The number of carbonyl (C=O) groups excluding carboxylic acids is 1. The molecule has 0 aliphatic heterocycles. The van der Waals surface area contributed by atoms with Crippen LogP contribution in [0.2, 0.25) is 0 Å². The van der Waals surface area contributed by atoms with Crippen LogP contribution in [-0.4, -0.2) is 25.6 Å². The number of benzene rings is 2. The number of ether oxygens (including phenoxy) is 1. The SMILES string of the molecule is COc1ccc(CCCNC(=O)[C@@H](N)Cc2ccccc2)cc1. The summed E-state index contributed by atoms with van der Waals surface area (Å²) >= 11 is 0. The lowest BCUT2D eigenvalue weighted by atomic mass is 10.1. The summed E-state index contributed by atoms with van der Waals surface area (Å²) in [4.78, 5) is 12.0. The number of carbonyl (C=O) groups is 1. The third-order valence-corrected chi connectivity index (χ3v) is 3.74. The lowest BCUT2D eigenvalue weighted by molar-refractivity contribution is -0.122. The Kier molecular flexibility index (Phi) is 6.63. The molecule has 4 heteroatoms. The molecule has 0 spiro atoms. The zero-order valence-electron chi connectivity index (χ0n) is 13.5. The molecule has 0 radical (unpaired) electrons. The van der Waals surface area contributed by atoms with Crippen LogP contribution in [0.4, 0.5) is 0 Å². The second kappa shape index (κ2) is 8.96. The van der Waals surface area contributed by atoms with Gasteiger partial charge in [0.15, 0.2) is 0 Å². The quantitative estimate of drug-likeness (QED) is 0.735. The average Bonchev–Trinajstić information content (AvgIpc) is 2.60. The first-order valence-electron chi connectivity index (χ1n) is 7.89. The van der Waals surface area contributed by atoms with E-state index in [1.54, 1.807) is 7.11 Å². The smallest absolute Gasteiger partial charge is 0.237 e. The number of nitrogens with two attached hydrogens (primary N) is 1. The molecule has 1 atom stereocenters. The Morgan fingerprint density at radius 3 is 2.43 bits per heavy atom. The second-order valence-corrected chi connectivity index (χ2v) is 5.54. The number of rotatable bonds is 8. The molecule has 23 heavy (non-hydrogen) atoms. The third kappa shape index (κ3) is 5.75. The van der Waals surface area contributed by atoms with Crippen molar-refractivity contribution in [1.82, 2.24) is 5.32 Å². The zero-order valence-corrected chi connectivity index (χ0v) is 13.5. The molecule has 0 bridgehead atoms. The summed E-state index contributed by atoms with van der Waals surface area (Å²) in [5, 5.41) is 2.91. The monoisotopic (exact) mass is 312 g/mol. The molecule has 0 aliphatic rings. The van der Waals surface area contributed by atoms with Crippen molar-refractivity contribution in [3.05, 3.63) is 65.7 Å². The molecule has 2 aromatic rings. The van der Waals surface area contributed by atoms with Gasteiger partial charge < -0.3 is 15.8 Å². The first-order valence-corrected chi connectivity index (χ1v) is 7.89. The predicted octanol–water partition coefficient (Wildman–Crippen LogP) is 2.31. The minimum Gasteiger partial charge on any atom is -0.497 e. The molecular weight excluding hydrogens is 288 g/mol. The molecule has 0 aliphatic carbocycles. The van der Waals surface area contributed by atoms with Gasteiger partial charge in [0.1, 0.15) is 5.75 Å². The maximum atomic E-state index is 12.0. The van der Waals surface area contributed by atoms with Crippen molar-refractivity contribution in [2.24, 2.45) is 5.73 Å². The standard InChI is InChI=1S/C19H24N2O2/c1-23-17-11-9-15(10-12-17)8-5-13-21-19(22)18(20)14-16-6-3-2-4-7-16/h2-4,6-7,9-12,18H,5,8,13-14,20H2,1H3,(H,21,22)/t18-/m0/s1. The van der Waals surface area contributed by atoms with Crippen molar-refractivity contribution >= 4 is 5.91 Å². The largest absolute Gasteiger partial charge is 0.497 e. The highest BCUT2D eigenvalue weighted by Gasteiger charge is 2.13. The Balaban J connectivity index is 1.67. The van der Waals surface area contributed by atoms with Crippen LogP contribution >= 0.6 is 0 Å². The van der Waals surface area contributed by atoms with Gasteiger partial charge in [0, 0.05) is 6.54 Å². The lowest BCUT2D eigenvalue weighted by Gasteiger charge is -2.12. The number of hydrogen-bond donors (Lipinski definition) is 2. The molecule has 1 amide bonds. The minimum atomic E-state index is -0.501. The second-order valence-electron chi connectivity index (χ2n) is 5.54. The molecule has 0 aromatic heterocycles. The van der Waals surface area contributed by atoms with Crippen molar-refractivity contribution in [3.63, 3.8) is 0 Å². The summed E-state index contributed by atoms with van der Waals surface area (Å²) < 4.78 is 5.13. The van der Waals surface area contributed by atoms with Gasteiger partial charge >= 0.3 is 0 Å². The normalized spacial score (nSPS) is 11.7. The Hall–Kier alpha value is -2.33. The summed E-state index contributed by atoms with van der Waals surface area (Å²) in [6, 6.07) is 17.3. The predicted molar refractivity (Wildman–Crippen MR) is 92.4 cm³/mol. The van der Waals surface area contributed by atoms with Crippen LogP contribution in [0.3, 0.4) is 0 Å². The number of methoxy groups -OCH3 is 1. The van der Waals surface area contributed by atoms with Gasteiger partial charge in [0.25, 0.3) is 0 Å². The minimum absolute atomic E-state index is 0.0939. The molecule has 3 N–H and O–H groups in total. The number of nitrogens with one attached hydrogen (secondary N) is 1. The van der Waals surface area contributed by atoms with E-state index in [1.165, 1.54) is 5.56 Å². The maximum absolute atomic E-state index is 12.0. The highest BCUT2D eigenvalue weighted by Crippen LogP contribution is 2.12. The van der Waals surface area contributed by atoms with Crippen LogP contribution < -0.4 is 15.8 Å². The molecule has 2 rings (SSSR count). The fourth-order valence-corrected chi connectivity index (χ4v) is 2.39. The molecule has 4 nitrogen and oxygen atoms in total. The molecule has 122 valence electrons. The Morgan fingerprint density at radius 1 is 1.09 bits per heavy atom. The third-order valence-electron chi connectivity index (χ3n) is 3.74. The van der Waals surface area contributed by atoms with Gasteiger partial charge in [-0.15, -0.1) is 0 Å². The summed E-state index contributed by atoms with van der Waals surface area (Å²) in [5.41, 5.74) is 8.26. The van der Waals surface area contributed by atoms with Crippen molar-refractivity contribution in [1.29, 1.82) is 0 Å². The molecule has 0 heterocycles. The van der Waals surface area contributed by atoms with Crippen LogP contribution in [-0.2, 0) is 17.6 Å². The van der Waals surface area contributed by atoms with Crippen LogP contribution in [0.15, 0.2) is 54.6 Å². The van der Waals surface area contributed by atoms with Crippen LogP contribution in [0.1, 0.15) is 17.5 Å². The van der Waals surface area contributed by atoms with Crippen molar-refractivity contribution in [2.45, 2.75) is 25.3 Å². The van der Waals surface area contributed by atoms with Gasteiger partial charge in [-0.2, -0.15) is 0 Å². The van der Waals surface area contributed by atoms with Crippen molar-refractivity contribution in [3.8, 4) is 5.75 Å². The fraction of sp³-hybridized carbons (Fsp3) is 0.316. The van der Waals surface area contributed by atoms with Crippen LogP contribution in [0, 0.1) is 0 Å². The van der Waals surface area contributed by atoms with Crippen LogP contribution in [0.5, 0.6) is 5.75 Å². The van der Waals surface area contributed by atoms with E-state index in [2.05, 4.69) is 5.32 Å². The van der Waals surface area contributed by atoms with E-state index >= 15 is 0 Å². The van der Waals surface area contributed by atoms with Gasteiger partial charge in [-0.1, -0.05) is 42.5 Å². The molecule has 0 unspecified atom stereocenters. The van der Waals surface area contributed by atoms with Gasteiger partial charge in [0.05, 0.1) is 13.2 Å². The summed E-state index contributed by atoms with van der Waals surface area (Å²) in [5.74, 6) is 0.762. The highest BCUT2D eigenvalue weighted by atomic mass is 16.5. The number of aryl methyl sites for hydroxylation is 1. The molecule has 2 aromatic carbocycles. The fourth-order valence-electron chi connectivity index (χ4n) is 2.39. The maximum Gasteiger partial charge on any atom is 0.237 e. The summed E-state index contributed by atoms with van der Waals surface area (Å²) in [6.45, 7) is 0.632. The lowest BCUT2D eigenvalue weighted by Crippen LogP contribution is -2.42. The first-order chi connectivity index (χ1) is 11.2.